The number of aryl methyl sites for hydroxylation is 3. The maximum atomic E-state index is 9.46. The van der Waals surface area contributed by atoms with Crippen molar-refractivity contribution in [3.63, 3.8) is 0 Å². The number of halogens is 1. The maximum Gasteiger partial charge on any atom is 0.110 e. The Morgan fingerprint density at radius 3 is 2.66 bits per heavy atom. The number of aromatic nitrogens is 2. The van der Waals surface area contributed by atoms with Gasteiger partial charge in [0.15, 0.2) is 0 Å². The zero-order chi connectivity index (χ0) is 22.2. The topological polar surface area (TPSA) is 41.6 Å². The Morgan fingerprint density at radius 2 is 1.84 bits per heavy atom. The molecule has 0 amide bonds. The van der Waals surface area contributed by atoms with Gasteiger partial charge in [-0.05, 0) is 65.3 Å². The molecular formula is C28H24ClN3. The van der Waals surface area contributed by atoms with Gasteiger partial charge in [0.05, 0.1) is 22.7 Å². The summed E-state index contributed by atoms with van der Waals surface area (Å²) in [5.74, 6) is 1.04. The van der Waals surface area contributed by atoms with Crippen molar-refractivity contribution in [1.82, 2.24) is 9.55 Å². The minimum Gasteiger partial charge on any atom is -0.321 e. The van der Waals surface area contributed by atoms with E-state index in [0.717, 1.165) is 52.8 Å². The van der Waals surface area contributed by atoms with Crippen molar-refractivity contribution in [1.29, 1.82) is 5.26 Å². The number of rotatable bonds is 3. The molecular weight excluding hydrogens is 414 g/mol. The van der Waals surface area contributed by atoms with E-state index in [1.807, 2.05) is 18.2 Å². The monoisotopic (exact) mass is 437 g/mol. The first-order valence-electron chi connectivity index (χ1n) is 11.1. The van der Waals surface area contributed by atoms with E-state index in [1.54, 1.807) is 6.08 Å². The molecule has 1 aliphatic carbocycles. The van der Waals surface area contributed by atoms with E-state index in [0.29, 0.717) is 5.02 Å². The van der Waals surface area contributed by atoms with Gasteiger partial charge in [-0.2, -0.15) is 5.26 Å². The van der Waals surface area contributed by atoms with E-state index in [-0.39, 0.29) is 6.04 Å². The lowest BCUT2D eigenvalue weighted by Crippen LogP contribution is -2.11. The molecule has 4 aromatic rings. The van der Waals surface area contributed by atoms with Crippen LogP contribution in [0.1, 0.15) is 53.5 Å². The quantitative estimate of drug-likeness (QED) is 0.326. The van der Waals surface area contributed by atoms with Crippen LogP contribution in [0.5, 0.6) is 0 Å². The highest BCUT2D eigenvalue weighted by Gasteiger charge is 2.22. The van der Waals surface area contributed by atoms with E-state index >= 15 is 0 Å². The molecule has 0 radical (unpaired) electrons. The number of fused-ring (bicyclic) bond motifs is 3. The fourth-order valence-corrected chi connectivity index (χ4v) is 5.15. The lowest BCUT2D eigenvalue weighted by molar-refractivity contribution is 0.622. The molecule has 1 heterocycles. The van der Waals surface area contributed by atoms with Crippen LogP contribution < -0.4 is 0 Å². The molecule has 3 nitrogen and oxygen atoms in total. The second-order valence-electron chi connectivity index (χ2n) is 8.30. The minimum absolute atomic E-state index is 0.118. The van der Waals surface area contributed by atoms with E-state index < -0.39 is 0 Å². The molecule has 1 aromatic heterocycles. The summed E-state index contributed by atoms with van der Waals surface area (Å²) in [4.78, 5) is 4.83. The number of para-hydroxylation sites is 1. The second-order valence-corrected chi connectivity index (χ2v) is 8.70. The number of benzene rings is 3. The first kappa shape index (κ1) is 20.5. The van der Waals surface area contributed by atoms with Crippen molar-refractivity contribution in [2.75, 3.05) is 0 Å². The van der Waals surface area contributed by atoms with Gasteiger partial charge >= 0.3 is 0 Å². The predicted molar refractivity (Wildman–Crippen MR) is 131 cm³/mol. The number of imidazole rings is 1. The predicted octanol–water partition coefficient (Wildman–Crippen LogP) is 6.92. The number of allylic oxidation sites excluding steroid dienone is 1. The molecule has 1 aliphatic rings. The van der Waals surface area contributed by atoms with Gasteiger partial charge < -0.3 is 4.57 Å². The first-order chi connectivity index (χ1) is 15.6. The normalized spacial score (nSPS) is 15.1. The summed E-state index contributed by atoms with van der Waals surface area (Å²) < 4.78 is 2.31. The van der Waals surface area contributed by atoms with Crippen LogP contribution in [-0.2, 0) is 19.3 Å². The molecule has 1 atom stereocenters. The molecule has 0 aliphatic heterocycles. The van der Waals surface area contributed by atoms with Gasteiger partial charge in [-0.15, -0.1) is 0 Å². The molecule has 5 rings (SSSR count). The Morgan fingerprint density at radius 1 is 1.06 bits per heavy atom. The van der Waals surface area contributed by atoms with Gasteiger partial charge in [0.25, 0.3) is 0 Å². The van der Waals surface area contributed by atoms with Crippen molar-refractivity contribution in [3.05, 3.63) is 105 Å². The molecule has 0 fully saturated rings. The van der Waals surface area contributed by atoms with Gasteiger partial charge in [0.1, 0.15) is 11.3 Å². The zero-order valence-electron chi connectivity index (χ0n) is 18.3. The Hall–Kier alpha value is -3.35. The van der Waals surface area contributed by atoms with Crippen LogP contribution in [0.15, 0.2) is 66.7 Å². The van der Waals surface area contributed by atoms with Crippen molar-refractivity contribution >= 4 is 28.2 Å². The Bertz CT molecular complexity index is 1400. The molecule has 0 bridgehead atoms. The van der Waals surface area contributed by atoms with E-state index in [2.05, 4.69) is 66.9 Å². The molecule has 0 spiro atoms. The van der Waals surface area contributed by atoms with Crippen LogP contribution >= 0.6 is 11.6 Å². The standard InChI is InChI=1S/C28H24ClN3/c1-3-27-31-28-25(29)9-6-10-26(28)32(27)18(2)20-13-14-23-21(17-20)12-11-19-7-4-5-8-22(19)24(23)15-16-30/h4-10,13-15,17-18H,3,11-12H2,1-2H3. The Balaban J connectivity index is 1.63. The van der Waals surface area contributed by atoms with Crippen molar-refractivity contribution in [2.45, 2.75) is 39.2 Å². The Labute approximate surface area is 193 Å². The summed E-state index contributed by atoms with van der Waals surface area (Å²) in [6, 6.07) is 23.5. The van der Waals surface area contributed by atoms with Crippen LogP contribution in [0.2, 0.25) is 5.02 Å². The molecule has 158 valence electrons. The van der Waals surface area contributed by atoms with Crippen LogP contribution in [0.4, 0.5) is 0 Å². The van der Waals surface area contributed by atoms with Gasteiger partial charge in [0.2, 0.25) is 0 Å². The van der Waals surface area contributed by atoms with Crippen LogP contribution in [0, 0.1) is 11.3 Å². The van der Waals surface area contributed by atoms with Crippen LogP contribution in [0.25, 0.3) is 16.6 Å². The second kappa shape index (κ2) is 8.30. The van der Waals surface area contributed by atoms with E-state index in [1.165, 1.54) is 16.7 Å². The number of hydrogen-bond acceptors (Lipinski definition) is 2. The average molecular weight is 438 g/mol. The lowest BCUT2D eigenvalue weighted by atomic mass is 9.92. The summed E-state index contributed by atoms with van der Waals surface area (Å²) in [6.07, 6.45) is 4.44. The van der Waals surface area contributed by atoms with E-state index in [9.17, 15) is 5.26 Å². The van der Waals surface area contributed by atoms with Crippen molar-refractivity contribution in [2.24, 2.45) is 0 Å². The number of hydrogen-bond donors (Lipinski definition) is 0. The summed E-state index contributed by atoms with van der Waals surface area (Å²) in [5, 5.41) is 10.2. The molecule has 0 N–H and O–H groups in total. The third-order valence-corrected chi connectivity index (χ3v) is 6.83. The summed E-state index contributed by atoms with van der Waals surface area (Å²) in [6.45, 7) is 4.35. The molecule has 4 heteroatoms. The highest BCUT2D eigenvalue weighted by molar-refractivity contribution is 6.34. The fourth-order valence-electron chi connectivity index (χ4n) is 4.94. The minimum atomic E-state index is 0.118. The largest absolute Gasteiger partial charge is 0.321 e. The summed E-state index contributed by atoms with van der Waals surface area (Å²) in [7, 11) is 0. The molecule has 0 saturated carbocycles. The van der Waals surface area contributed by atoms with Gasteiger partial charge in [0, 0.05) is 12.5 Å². The number of nitriles is 1. The third kappa shape index (κ3) is 3.32. The fraction of sp³-hybridized carbons (Fsp3) is 0.214. The maximum absolute atomic E-state index is 9.46. The van der Waals surface area contributed by atoms with E-state index in [4.69, 9.17) is 16.6 Å². The Kier molecular flexibility index (Phi) is 5.33. The van der Waals surface area contributed by atoms with Gasteiger partial charge in [-0.1, -0.05) is 67.1 Å². The van der Waals surface area contributed by atoms with Gasteiger partial charge in [-0.3, -0.25) is 0 Å². The average Bonchev–Trinajstić information content (AvgIpc) is 3.13. The molecule has 32 heavy (non-hydrogen) atoms. The zero-order valence-corrected chi connectivity index (χ0v) is 19.0. The van der Waals surface area contributed by atoms with Crippen molar-refractivity contribution in [3.8, 4) is 6.07 Å². The smallest absolute Gasteiger partial charge is 0.110 e. The highest BCUT2D eigenvalue weighted by Crippen LogP contribution is 2.36. The first-order valence-corrected chi connectivity index (χ1v) is 11.5. The molecule has 3 aromatic carbocycles. The van der Waals surface area contributed by atoms with Crippen LogP contribution in [-0.4, -0.2) is 9.55 Å². The number of nitrogens with zero attached hydrogens (tertiary/aromatic N) is 3. The van der Waals surface area contributed by atoms with Crippen LogP contribution in [0.3, 0.4) is 0 Å². The highest BCUT2D eigenvalue weighted by atomic mass is 35.5. The van der Waals surface area contributed by atoms with Gasteiger partial charge in [-0.25, -0.2) is 4.98 Å². The molecule has 0 saturated heterocycles. The SMILES string of the molecule is CCc1nc2c(Cl)cccc2n1C(C)c1ccc2c(c1)CCc1ccccc1C2=CC#N. The summed E-state index contributed by atoms with van der Waals surface area (Å²) >= 11 is 6.44. The summed E-state index contributed by atoms with van der Waals surface area (Å²) in [5.41, 5.74) is 9.08. The lowest BCUT2D eigenvalue weighted by Gasteiger charge is -2.20. The molecule has 1 unspecified atom stereocenters. The van der Waals surface area contributed by atoms with Crippen molar-refractivity contribution < 1.29 is 0 Å². The third-order valence-electron chi connectivity index (χ3n) is 6.53.